The second kappa shape index (κ2) is 7.05. The quantitative estimate of drug-likeness (QED) is 0.707. The van der Waals surface area contributed by atoms with Crippen LogP contribution in [0.1, 0.15) is 44.6 Å². The van der Waals surface area contributed by atoms with E-state index in [4.69, 9.17) is 4.74 Å². The Labute approximate surface area is 102 Å². The van der Waals surface area contributed by atoms with Gasteiger partial charge in [-0.2, -0.15) is 0 Å². The molecule has 1 unspecified atom stereocenters. The Morgan fingerprint density at radius 1 is 1.29 bits per heavy atom. The first-order valence-electron chi connectivity index (χ1n) is 6.08. The Morgan fingerprint density at radius 2 is 1.94 bits per heavy atom. The molecule has 0 aliphatic heterocycles. The fraction of sp³-hybridized carbons (Fsp3) is 0.500. The summed E-state index contributed by atoms with van der Waals surface area (Å²) in [7, 11) is 0. The third-order valence-corrected chi connectivity index (χ3v) is 2.70. The van der Waals surface area contributed by atoms with Gasteiger partial charge in [0.05, 0.1) is 13.0 Å². The van der Waals surface area contributed by atoms with Crippen LogP contribution in [0.25, 0.3) is 0 Å². The molecule has 1 aromatic carbocycles. The number of halogens is 1. The maximum Gasteiger partial charge on any atom is 0.306 e. The summed E-state index contributed by atoms with van der Waals surface area (Å²) in [6, 6.07) is 6.36. The summed E-state index contributed by atoms with van der Waals surface area (Å²) in [5.41, 5.74) is 1.00. The summed E-state index contributed by atoms with van der Waals surface area (Å²) in [6.45, 7) is 4.27. The van der Waals surface area contributed by atoms with Gasteiger partial charge in [0.15, 0.2) is 0 Å². The lowest BCUT2D eigenvalue weighted by molar-refractivity contribution is -0.143. The average Bonchev–Trinajstić information content (AvgIpc) is 2.30. The average molecular weight is 238 g/mol. The van der Waals surface area contributed by atoms with Crippen molar-refractivity contribution in [3.63, 3.8) is 0 Å². The molecule has 0 N–H and O–H groups in total. The first-order chi connectivity index (χ1) is 8.17. The number of hydrogen-bond donors (Lipinski definition) is 0. The van der Waals surface area contributed by atoms with Gasteiger partial charge < -0.3 is 4.74 Å². The molecule has 0 aromatic heterocycles. The van der Waals surface area contributed by atoms with Crippen LogP contribution < -0.4 is 0 Å². The lowest BCUT2D eigenvalue weighted by Crippen LogP contribution is -2.10. The highest BCUT2D eigenvalue weighted by Gasteiger charge is 2.16. The molecular weight excluding hydrogens is 219 g/mol. The molecule has 94 valence electrons. The molecule has 2 nitrogen and oxygen atoms in total. The van der Waals surface area contributed by atoms with Crippen molar-refractivity contribution in [1.29, 1.82) is 0 Å². The third kappa shape index (κ3) is 4.55. The topological polar surface area (TPSA) is 26.3 Å². The number of rotatable bonds is 6. The van der Waals surface area contributed by atoms with Crippen molar-refractivity contribution < 1.29 is 13.9 Å². The largest absolute Gasteiger partial charge is 0.466 e. The predicted octanol–water partition coefficient (Wildman–Crippen LogP) is 3.66. The van der Waals surface area contributed by atoms with E-state index in [9.17, 15) is 9.18 Å². The van der Waals surface area contributed by atoms with Crippen LogP contribution in [-0.2, 0) is 9.53 Å². The minimum atomic E-state index is -0.250. The van der Waals surface area contributed by atoms with Gasteiger partial charge in [0, 0.05) is 0 Å². The highest BCUT2D eigenvalue weighted by molar-refractivity contribution is 5.70. The Balaban J connectivity index is 2.71. The summed E-state index contributed by atoms with van der Waals surface area (Å²) >= 11 is 0. The summed E-state index contributed by atoms with van der Waals surface area (Å²) in [5, 5.41) is 0. The smallest absolute Gasteiger partial charge is 0.306 e. The molecular formula is C14H19FO2. The number of ether oxygens (including phenoxy) is 1. The van der Waals surface area contributed by atoms with Crippen LogP contribution in [0.4, 0.5) is 4.39 Å². The zero-order chi connectivity index (χ0) is 12.7. The SMILES string of the molecule is CCCC(CC(=O)OCC)c1ccc(F)cc1. The summed E-state index contributed by atoms with van der Waals surface area (Å²) in [4.78, 5) is 11.5. The van der Waals surface area contributed by atoms with Crippen LogP contribution in [0.2, 0.25) is 0 Å². The maximum atomic E-state index is 12.8. The van der Waals surface area contributed by atoms with Crippen molar-refractivity contribution in [2.24, 2.45) is 0 Å². The van der Waals surface area contributed by atoms with Crippen molar-refractivity contribution >= 4 is 5.97 Å². The molecule has 0 fully saturated rings. The normalized spacial score (nSPS) is 12.2. The summed E-state index contributed by atoms with van der Waals surface area (Å²) in [5.74, 6) is -0.310. The van der Waals surface area contributed by atoms with E-state index in [1.807, 2.05) is 0 Å². The number of benzene rings is 1. The second-order valence-corrected chi connectivity index (χ2v) is 4.05. The molecule has 1 rings (SSSR count). The molecule has 0 aliphatic carbocycles. The van der Waals surface area contributed by atoms with E-state index in [-0.39, 0.29) is 17.7 Å². The molecule has 1 atom stereocenters. The van der Waals surface area contributed by atoms with E-state index in [1.54, 1.807) is 19.1 Å². The first kappa shape index (κ1) is 13.7. The molecule has 0 heterocycles. The summed E-state index contributed by atoms with van der Waals surface area (Å²) < 4.78 is 17.8. The molecule has 0 bridgehead atoms. The number of carbonyl (C=O) groups excluding carboxylic acids is 1. The van der Waals surface area contributed by atoms with E-state index in [2.05, 4.69) is 6.92 Å². The number of carbonyl (C=O) groups is 1. The van der Waals surface area contributed by atoms with Crippen molar-refractivity contribution in [2.75, 3.05) is 6.61 Å². The van der Waals surface area contributed by atoms with Gasteiger partial charge in [0.25, 0.3) is 0 Å². The van der Waals surface area contributed by atoms with E-state index < -0.39 is 0 Å². The highest BCUT2D eigenvalue weighted by atomic mass is 19.1. The van der Waals surface area contributed by atoms with E-state index in [0.717, 1.165) is 18.4 Å². The van der Waals surface area contributed by atoms with E-state index in [0.29, 0.717) is 13.0 Å². The standard InChI is InChI=1S/C14H19FO2/c1-3-5-12(10-14(16)17-4-2)11-6-8-13(15)9-7-11/h6-9,12H,3-5,10H2,1-2H3. The van der Waals surface area contributed by atoms with Crippen LogP contribution in [0.3, 0.4) is 0 Å². The molecule has 0 spiro atoms. The zero-order valence-corrected chi connectivity index (χ0v) is 10.4. The van der Waals surface area contributed by atoms with Crippen LogP contribution >= 0.6 is 0 Å². The molecule has 0 aliphatic rings. The van der Waals surface area contributed by atoms with Crippen LogP contribution in [0.5, 0.6) is 0 Å². The maximum absolute atomic E-state index is 12.8. The predicted molar refractivity (Wildman–Crippen MR) is 65.3 cm³/mol. The van der Waals surface area contributed by atoms with Crippen LogP contribution in [0.15, 0.2) is 24.3 Å². The van der Waals surface area contributed by atoms with E-state index >= 15 is 0 Å². The van der Waals surface area contributed by atoms with Crippen LogP contribution in [-0.4, -0.2) is 12.6 Å². The molecule has 0 radical (unpaired) electrons. The van der Waals surface area contributed by atoms with E-state index in [1.165, 1.54) is 12.1 Å². The Kier molecular flexibility index (Phi) is 5.67. The van der Waals surface area contributed by atoms with Crippen LogP contribution in [0, 0.1) is 5.82 Å². The third-order valence-electron chi connectivity index (χ3n) is 2.70. The van der Waals surface area contributed by atoms with Gasteiger partial charge in [0.1, 0.15) is 5.82 Å². The fourth-order valence-corrected chi connectivity index (χ4v) is 1.89. The Morgan fingerprint density at radius 3 is 2.47 bits per heavy atom. The fourth-order valence-electron chi connectivity index (χ4n) is 1.89. The lowest BCUT2D eigenvalue weighted by atomic mass is 9.91. The van der Waals surface area contributed by atoms with Gasteiger partial charge in [-0.05, 0) is 37.0 Å². The van der Waals surface area contributed by atoms with Gasteiger partial charge in [-0.25, -0.2) is 4.39 Å². The number of esters is 1. The number of hydrogen-bond acceptors (Lipinski definition) is 2. The lowest BCUT2D eigenvalue weighted by Gasteiger charge is -2.15. The minimum Gasteiger partial charge on any atom is -0.466 e. The Hall–Kier alpha value is -1.38. The van der Waals surface area contributed by atoms with Gasteiger partial charge in [-0.3, -0.25) is 4.79 Å². The van der Waals surface area contributed by atoms with Crippen molar-refractivity contribution in [1.82, 2.24) is 0 Å². The van der Waals surface area contributed by atoms with Gasteiger partial charge in [0.2, 0.25) is 0 Å². The van der Waals surface area contributed by atoms with Gasteiger partial charge in [-0.15, -0.1) is 0 Å². The molecule has 1 aromatic rings. The van der Waals surface area contributed by atoms with Crippen molar-refractivity contribution in [2.45, 2.75) is 39.0 Å². The minimum absolute atomic E-state index is 0.125. The van der Waals surface area contributed by atoms with Gasteiger partial charge in [-0.1, -0.05) is 25.5 Å². The highest BCUT2D eigenvalue weighted by Crippen LogP contribution is 2.25. The zero-order valence-electron chi connectivity index (χ0n) is 10.4. The van der Waals surface area contributed by atoms with Gasteiger partial charge >= 0.3 is 5.97 Å². The summed E-state index contributed by atoms with van der Waals surface area (Å²) in [6.07, 6.45) is 2.26. The first-order valence-corrected chi connectivity index (χ1v) is 6.08. The molecule has 3 heteroatoms. The van der Waals surface area contributed by atoms with Crippen molar-refractivity contribution in [3.05, 3.63) is 35.6 Å². The molecule has 0 amide bonds. The second-order valence-electron chi connectivity index (χ2n) is 4.05. The molecule has 0 saturated heterocycles. The molecule has 0 saturated carbocycles. The van der Waals surface area contributed by atoms with Crippen molar-refractivity contribution in [3.8, 4) is 0 Å². The monoisotopic (exact) mass is 238 g/mol. The molecule has 17 heavy (non-hydrogen) atoms. The Bertz CT molecular complexity index is 346.